The van der Waals surface area contributed by atoms with Gasteiger partial charge in [-0.3, -0.25) is 0 Å². The van der Waals surface area contributed by atoms with E-state index in [9.17, 15) is 0 Å². The lowest BCUT2D eigenvalue weighted by Crippen LogP contribution is -2.11. The lowest BCUT2D eigenvalue weighted by Gasteiger charge is -2.18. The highest BCUT2D eigenvalue weighted by molar-refractivity contribution is 5.73. The van der Waals surface area contributed by atoms with E-state index in [0.29, 0.717) is 37.6 Å². The lowest BCUT2D eigenvalue weighted by molar-refractivity contribution is 0.168. The van der Waals surface area contributed by atoms with Crippen molar-refractivity contribution in [2.24, 2.45) is 17.8 Å². The summed E-state index contributed by atoms with van der Waals surface area (Å²) in [6.07, 6.45) is 3.27. The van der Waals surface area contributed by atoms with Crippen LogP contribution in [0.25, 0.3) is 22.4 Å². The maximum absolute atomic E-state index is 6.26. The summed E-state index contributed by atoms with van der Waals surface area (Å²) in [6.45, 7) is 17.0. The fourth-order valence-electron chi connectivity index (χ4n) is 3.57. The maximum atomic E-state index is 6.26. The molecular formula is C33H44NO3. The largest absolute Gasteiger partial charge is 0.489 e. The second-order valence-electron chi connectivity index (χ2n) is 10.3. The zero-order valence-electron chi connectivity index (χ0n) is 23.5. The van der Waals surface area contributed by atoms with Crippen molar-refractivity contribution in [3.8, 4) is 33.9 Å². The average Bonchev–Trinajstić information content (AvgIpc) is 2.94. The Morgan fingerprint density at radius 2 is 1.24 bits per heavy atom. The molecule has 199 valence electrons. The van der Waals surface area contributed by atoms with Crippen molar-refractivity contribution in [2.45, 2.75) is 60.8 Å². The van der Waals surface area contributed by atoms with E-state index in [1.54, 1.807) is 6.61 Å². The molecule has 3 aromatic rings. The summed E-state index contributed by atoms with van der Waals surface area (Å²) in [5, 5.41) is 0. The molecule has 0 spiro atoms. The van der Waals surface area contributed by atoms with Crippen LogP contribution in [0.3, 0.4) is 0 Å². The molecule has 0 aliphatic rings. The van der Waals surface area contributed by atoms with Gasteiger partial charge in [-0.05, 0) is 59.2 Å². The monoisotopic (exact) mass is 502 g/mol. The molecule has 3 atom stereocenters. The number of hydrogen-bond acceptors (Lipinski definition) is 4. The molecule has 3 rings (SSSR count). The van der Waals surface area contributed by atoms with Crippen LogP contribution in [0.4, 0.5) is 0 Å². The highest BCUT2D eigenvalue weighted by Crippen LogP contribution is 2.35. The zero-order chi connectivity index (χ0) is 26.6. The number of pyridine rings is 1. The van der Waals surface area contributed by atoms with E-state index in [4.69, 9.17) is 19.2 Å². The van der Waals surface area contributed by atoms with Gasteiger partial charge in [-0.15, -0.1) is 0 Å². The number of benzene rings is 2. The predicted octanol–water partition coefficient (Wildman–Crippen LogP) is 8.84. The van der Waals surface area contributed by atoms with Gasteiger partial charge in [-0.25, -0.2) is 4.98 Å². The Morgan fingerprint density at radius 3 is 1.95 bits per heavy atom. The molecule has 1 heterocycles. The summed E-state index contributed by atoms with van der Waals surface area (Å²) < 4.78 is 18.2. The second kappa shape index (κ2) is 14.8. The molecule has 0 aliphatic heterocycles. The lowest BCUT2D eigenvalue weighted by atomic mass is 10.0. The molecule has 1 radical (unpaired) electrons. The van der Waals surface area contributed by atoms with Crippen LogP contribution in [0.15, 0.2) is 60.7 Å². The van der Waals surface area contributed by atoms with Crippen molar-refractivity contribution in [3.63, 3.8) is 0 Å². The van der Waals surface area contributed by atoms with Crippen molar-refractivity contribution in [1.82, 2.24) is 4.98 Å². The second-order valence-corrected chi connectivity index (χ2v) is 10.3. The van der Waals surface area contributed by atoms with Gasteiger partial charge < -0.3 is 14.2 Å². The van der Waals surface area contributed by atoms with Crippen LogP contribution in [0.1, 0.15) is 66.5 Å². The molecule has 3 unspecified atom stereocenters. The van der Waals surface area contributed by atoms with Gasteiger partial charge in [0.25, 0.3) is 0 Å². The first-order valence-corrected chi connectivity index (χ1v) is 13.9. The van der Waals surface area contributed by atoms with E-state index in [0.717, 1.165) is 58.8 Å². The van der Waals surface area contributed by atoms with Crippen molar-refractivity contribution in [2.75, 3.05) is 19.8 Å². The van der Waals surface area contributed by atoms with Crippen LogP contribution in [0.5, 0.6) is 11.5 Å². The number of hydrogen-bond donors (Lipinski definition) is 0. The van der Waals surface area contributed by atoms with Crippen LogP contribution in [-0.4, -0.2) is 24.8 Å². The highest BCUT2D eigenvalue weighted by atomic mass is 16.5. The molecule has 0 fully saturated rings. The Bertz CT molecular complexity index is 1100. The van der Waals surface area contributed by atoms with Crippen molar-refractivity contribution < 1.29 is 14.2 Å². The first kappa shape index (κ1) is 28.7. The fourth-order valence-corrected chi connectivity index (χ4v) is 3.57. The molecule has 0 saturated carbocycles. The van der Waals surface area contributed by atoms with Crippen LogP contribution in [0, 0.1) is 24.4 Å². The summed E-state index contributed by atoms with van der Waals surface area (Å²) in [4.78, 5) is 4.81. The van der Waals surface area contributed by atoms with Crippen LogP contribution < -0.4 is 9.47 Å². The van der Waals surface area contributed by atoms with Gasteiger partial charge in [0.05, 0.1) is 31.2 Å². The molecular weight excluding hydrogens is 458 g/mol. The molecule has 0 amide bonds. The molecule has 37 heavy (non-hydrogen) atoms. The van der Waals surface area contributed by atoms with Crippen molar-refractivity contribution in [1.29, 1.82) is 0 Å². The smallest absolute Gasteiger partial charge is 0.161 e. The van der Waals surface area contributed by atoms with Gasteiger partial charge in [0.1, 0.15) is 6.61 Å². The highest BCUT2D eigenvalue weighted by Gasteiger charge is 2.12. The SMILES string of the molecule is CCC(C)CO[CH]c1cccc(-c2cccc(-c3ccc(OCC(C)CC)c(OCC(C)CC)c3)c2)n1. The molecule has 0 saturated heterocycles. The zero-order valence-corrected chi connectivity index (χ0v) is 23.5. The van der Waals surface area contributed by atoms with Gasteiger partial charge in [0.2, 0.25) is 0 Å². The van der Waals surface area contributed by atoms with Gasteiger partial charge in [0, 0.05) is 5.56 Å². The minimum absolute atomic E-state index is 0.485. The van der Waals surface area contributed by atoms with Crippen molar-refractivity contribution >= 4 is 0 Å². The van der Waals surface area contributed by atoms with E-state index >= 15 is 0 Å². The van der Waals surface area contributed by atoms with Crippen molar-refractivity contribution in [3.05, 3.63) is 73.0 Å². The maximum Gasteiger partial charge on any atom is 0.161 e. The third kappa shape index (κ3) is 8.89. The molecule has 1 aromatic heterocycles. The minimum Gasteiger partial charge on any atom is -0.489 e. The van der Waals surface area contributed by atoms with Gasteiger partial charge in [0.15, 0.2) is 11.5 Å². The predicted molar refractivity (Wildman–Crippen MR) is 154 cm³/mol. The van der Waals surface area contributed by atoms with Gasteiger partial charge >= 0.3 is 0 Å². The Balaban J connectivity index is 1.82. The van der Waals surface area contributed by atoms with Gasteiger partial charge in [-0.1, -0.05) is 91.1 Å². The normalized spacial score (nSPS) is 13.7. The van der Waals surface area contributed by atoms with E-state index in [1.807, 2.05) is 24.3 Å². The third-order valence-corrected chi connectivity index (χ3v) is 6.93. The molecule has 4 heteroatoms. The first-order valence-electron chi connectivity index (χ1n) is 13.9. The summed E-state index contributed by atoms with van der Waals surface area (Å²) in [6, 6.07) is 20.8. The summed E-state index contributed by atoms with van der Waals surface area (Å²) in [5.41, 5.74) is 5.02. The molecule has 4 nitrogen and oxygen atoms in total. The summed E-state index contributed by atoms with van der Waals surface area (Å²) >= 11 is 0. The standard InChI is InChI=1S/C33H44NO3/c1-7-24(4)20-35-23-30-14-11-15-31(34-30)29-13-10-12-27(18-29)28-16-17-32(36-21-25(5)8-2)33(19-28)37-22-26(6)9-3/h10-19,23-26H,7-9,20-22H2,1-6H3. The van der Waals surface area contributed by atoms with E-state index in [-0.39, 0.29) is 0 Å². The van der Waals surface area contributed by atoms with E-state index in [2.05, 4.69) is 77.9 Å². The fraction of sp³-hybridized carbons (Fsp3) is 0.455. The van der Waals surface area contributed by atoms with Crippen LogP contribution >= 0.6 is 0 Å². The number of rotatable bonds is 15. The van der Waals surface area contributed by atoms with Gasteiger partial charge in [-0.2, -0.15) is 0 Å². The Morgan fingerprint density at radius 1 is 0.649 bits per heavy atom. The van der Waals surface area contributed by atoms with E-state index < -0.39 is 0 Å². The quantitative estimate of drug-likeness (QED) is 0.208. The Labute approximate surface area is 224 Å². The average molecular weight is 503 g/mol. The number of ether oxygens (including phenoxy) is 3. The first-order chi connectivity index (χ1) is 17.9. The Hall–Kier alpha value is -2.85. The van der Waals surface area contributed by atoms with Crippen LogP contribution in [-0.2, 0) is 4.74 Å². The minimum atomic E-state index is 0.485. The number of nitrogens with zero attached hydrogens (tertiary/aromatic N) is 1. The molecule has 2 aromatic carbocycles. The Kier molecular flexibility index (Phi) is 11.5. The molecule has 0 aliphatic carbocycles. The van der Waals surface area contributed by atoms with E-state index in [1.165, 1.54) is 0 Å². The summed E-state index contributed by atoms with van der Waals surface area (Å²) in [7, 11) is 0. The van der Waals surface area contributed by atoms with Crippen LogP contribution in [0.2, 0.25) is 0 Å². The molecule has 0 bridgehead atoms. The third-order valence-electron chi connectivity index (χ3n) is 6.93. The summed E-state index contributed by atoms with van der Waals surface area (Å²) in [5.74, 6) is 3.13. The molecule has 0 N–H and O–H groups in total. The number of aromatic nitrogens is 1. The topological polar surface area (TPSA) is 40.6 Å².